The van der Waals surface area contributed by atoms with E-state index >= 15 is 0 Å². The second kappa shape index (κ2) is 8.70. The van der Waals surface area contributed by atoms with Crippen LogP contribution in [0.15, 0.2) is 42.6 Å². The van der Waals surface area contributed by atoms with Crippen molar-refractivity contribution in [3.8, 4) is 5.75 Å². The molecular formula is C21H27N3O2. The van der Waals surface area contributed by atoms with Gasteiger partial charge in [-0.05, 0) is 55.0 Å². The monoisotopic (exact) mass is 353 g/mol. The molecule has 1 aromatic carbocycles. The van der Waals surface area contributed by atoms with Gasteiger partial charge in [-0.1, -0.05) is 19.1 Å². The number of carbonyl (C=O) groups excluding carboxylic acids is 1. The van der Waals surface area contributed by atoms with Gasteiger partial charge in [-0.25, -0.2) is 4.98 Å². The van der Waals surface area contributed by atoms with Gasteiger partial charge in [0.1, 0.15) is 11.6 Å². The van der Waals surface area contributed by atoms with E-state index in [0.717, 1.165) is 42.6 Å². The van der Waals surface area contributed by atoms with Crippen LogP contribution in [0.3, 0.4) is 0 Å². The summed E-state index contributed by atoms with van der Waals surface area (Å²) < 4.78 is 5.23. The summed E-state index contributed by atoms with van der Waals surface area (Å²) in [5.74, 6) is 2.46. The molecule has 0 saturated carbocycles. The van der Waals surface area contributed by atoms with E-state index in [1.165, 1.54) is 12.8 Å². The second-order valence-corrected chi connectivity index (χ2v) is 6.93. The first-order chi connectivity index (χ1) is 12.7. The molecule has 2 aromatic rings. The van der Waals surface area contributed by atoms with Crippen molar-refractivity contribution in [3.05, 3.63) is 53.7 Å². The molecule has 1 aliphatic heterocycles. The highest BCUT2D eigenvalue weighted by Crippen LogP contribution is 2.21. The number of methoxy groups -OCH3 is 1. The van der Waals surface area contributed by atoms with E-state index in [1.54, 1.807) is 19.4 Å². The number of ether oxygens (including phenoxy) is 1. The fourth-order valence-corrected chi connectivity index (χ4v) is 3.22. The molecule has 1 saturated heterocycles. The predicted octanol–water partition coefficient (Wildman–Crippen LogP) is 3.30. The van der Waals surface area contributed by atoms with Crippen LogP contribution in [0, 0.1) is 5.92 Å². The zero-order valence-electron chi connectivity index (χ0n) is 15.6. The summed E-state index contributed by atoms with van der Waals surface area (Å²) in [5, 5.41) is 3.00. The summed E-state index contributed by atoms with van der Waals surface area (Å²) >= 11 is 0. The van der Waals surface area contributed by atoms with Crippen LogP contribution in [0.4, 0.5) is 5.82 Å². The average Bonchev–Trinajstić information content (AvgIpc) is 2.69. The summed E-state index contributed by atoms with van der Waals surface area (Å²) in [5.41, 5.74) is 1.81. The Morgan fingerprint density at radius 2 is 2.08 bits per heavy atom. The number of hydrogen-bond acceptors (Lipinski definition) is 4. The first kappa shape index (κ1) is 18.2. The smallest absolute Gasteiger partial charge is 0.251 e. The van der Waals surface area contributed by atoms with Crippen molar-refractivity contribution in [3.63, 3.8) is 0 Å². The maximum absolute atomic E-state index is 12.5. The minimum atomic E-state index is -0.0538. The van der Waals surface area contributed by atoms with Gasteiger partial charge in [-0.2, -0.15) is 0 Å². The number of piperidine rings is 1. The van der Waals surface area contributed by atoms with Gasteiger partial charge < -0.3 is 15.0 Å². The van der Waals surface area contributed by atoms with Crippen molar-refractivity contribution < 1.29 is 9.53 Å². The van der Waals surface area contributed by atoms with Crippen LogP contribution in [-0.2, 0) is 6.42 Å². The highest BCUT2D eigenvalue weighted by Gasteiger charge is 2.18. The van der Waals surface area contributed by atoms with E-state index in [9.17, 15) is 4.79 Å². The van der Waals surface area contributed by atoms with Gasteiger partial charge in [0.05, 0.1) is 7.11 Å². The number of pyridine rings is 1. The van der Waals surface area contributed by atoms with Crippen molar-refractivity contribution in [2.75, 3.05) is 31.6 Å². The fourth-order valence-electron chi connectivity index (χ4n) is 3.22. The molecule has 1 amide bonds. The van der Waals surface area contributed by atoms with Gasteiger partial charge in [-0.15, -0.1) is 0 Å². The Morgan fingerprint density at radius 3 is 2.85 bits per heavy atom. The Balaban J connectivity index is 1.55. The Hall–Kier alpha value is -2.56. The summed E-state index contributed by atoms with van der Waals surface area (Å²) in [6.45, 7) is 4.89. The number of aromatic nitrogens is 1. The van der Waals surface area contributed by atoms with Crippen LogP contribution in [-0.4, -0.2) is 37.6 Å². The Labute approximate surface area is 155 Å². The van der Waals surface area contributed by atoms with Crippen LogP contribution >= 0.6 is 0 Å². The molecule has 1 aromatic heterocycles. The van der Waals surface area contributed by atoms with Gasteiger partial charge in [0.15, 0.2) is 0 Å². The molecule has 5 heteroatoms. The molecule has 1 fully saturated rings. The van der Waals surface area contributed by atoms with E-state index in [0.29, 0.717) is 12.1 Å². The van der Waals surface area contributed by atoms with Crippen LogP contribution in [0.2, 0.25) is 0 Å². The first-order valence-corrected chi connectivity index (χ1v) is 9.28. The van der Waals surface area contributed by atoms with Gasteiger partial charge in [0.25, 0.3) is 5.91 Å². The van der Waals surface area contributed by atoms with Crippen molar-refractivity contribution in [1.29, 1.82) is 0 Å². The van der Waals surface area contributed by atoms with Crippen LogP contribution in [0.1, 0.15) is 35.7 Å². The third-order valence-corrected chi connectivity index (χ3v) is 4.95. The maximum atomic E-state index is 12.5. The lowest BCUT2D eigenvalue weighted by Gasteiger charge is -2.31. The summed E-state index contributed by atoms with van der Waals surface area (Å²) in [7, 11) is 1.66. The van der Waals surface area contributed by atoms with E-state index in [4.69, 9.17) is 4.74 Å². The van der Waals surface area contributed by atoms with Crippen molar-refractivity contribution in [2.24, 2.45) is 5.92 Å². The minimum absolute atomic E-state index is 0.0538. The fraction of sp³-hybridized carbons (Fsp3) is 0.429. The number of benzene rings is 1. The molecule has 0 aliphatic carbocycles. The summed E-state index contributed by atoms with van der Waals surface area (Å²) in [4.78, 5) is 19.2. The third-order valence-electron chi connectivity index (χ3n) is 4.95. The number of carbonyl (C=O) groups is 1. The molecule has 0 atom stereocenters. The number of amides is 1. The third kappa shape index (κ3) is 4.75. The van der Waals surface area contributed by atoms with Crippen LogP contribution < -0.4 is 15.0 Å². The van der Waals surface area contributed by atoms with Gasteiger partial charge in [-0.3, -0.25) is 4.79 Å². The summed E-state index contributed by atoms with van der Waals surface area (Å²) in [6, 6.07) is 11.6. The number of rotatable bonds is 6. The Morgan fingerprint density at radius 1 is 1.27 bits per heavy atom. The molecule has 1 N–H and O–H groups in total. The number of nitrogens with zero attached hydrogens (tertiary/aromatic N) is 2. The number of nitrogens with one attached hydrogen (secondary N) is 1. The molecule has 26 heavy (non-hydrogen) atoms. The molecule has 3 rings (SSSR count). The second-order valence-electron chi connectivity index (χ2n) is 6.93. The van der Waals surface area contributed by atoms with Crippen molar-refractivity contribution in [2.45, 2.75) is 26.2 Å². The molecule has 2 heterocycles. The molecular weight excluding hydrogens is 326 g/mol. The molecule has 0 radical (unpaired) electrons. The Bertz CT molecular complexity index is 740. The predicted molar refractivity (Wildman–Crippen MR) is 104 cm³/mol. The lowest BCUT2D eigenvalue weighted by atomic mass is 9.99. The highest BCUT2D eigenvalue weighted by molar-refractivity contribution is 5.94. The minimum Gasteiger partial charge on any atom is -0.497 e. The molecule has 0 spiro atoms. The largest absolute Gasteiger partial charge is 0.497 e. The quantitative estimate of drug-likeness (QED) is 0.866. The molecule has 0 bridgehead atoms. The van der Waals surface area contributed by atoms with E-state index < -0.39 is 0 Å². The SMILES string of the molecule is COc1cccc(CCNC(=O)c2ccnc(N3CCC(C)CC3)c2)c1. The lowest BCUT2D eigenvalue weighted by molar-refractivity contribution is 0.0954. The lowest BCUT2D eigenvalue weighted by Crippen LogP contribution is -2.33. The van der Waals surface area contributed by atoms with E-state index in [2.05, 4.69) is 22.1 Å². The topological polar surface area (TPSA) is 54.5 Å². The zero-order chi connectivity index (χ0) is 18.4. The molecule has 0 unspecified atom stereocenters. The van der Waals surface area contributed by atoms with Gasteiger partial charge >= 0.3 is 0 Å². The summed E-state index contributed by atoms with van der Waals surface area (Å²) in [6.07, 6.45) is 4.85. The highest BCUT2D eigenvalue weighted by atomic mass is 16.5. The molecule has 138 valence electrons. The van der Waals surface area contributed by atoms with E-state index in [-0.39, 0.29) is 5.91 Å². The Kier molecular flexibility index (Phi) is 6.10. The zero-order valence-corrected chi connectivity index (χ0v) is 15.6. The van der Waals surface area contributed by atoms with Crippen LogP contribution in [0.25, 0.3) is 0 Å². The number of anilines is 1. The van der Waals surface area contributed by atoms with Gasteiger partial charge in [0, 0.05) is 31.4 Å². The average molecular weight is 353 g/mol. The molecule has 5 nitrogen and oxygen atoms in total. The standard InChI is InChI=1S/C21H27N3O2/c1-16-8-12-24(13-9-16)20-15-18(7-11-22-20)21(25)23-10-6-17-4-3-5-19(14-17)26-2/h3-5,7,11,14-16H,6,8-10,12-13H2,1-2H3,(H,23,25). The van der Waals surface area contributed by atoms with Crippen LogP contribution in [0.5, 0.6) is 5.75 Å². The van der Waals surface area contributed by atoms with Crippen molar-refractivity contribution in [1.82, 2.24) is 10.3 Å². The van der Waals surface area contributed by atoms with Gasteiger partial charge in [0.2, 0.25) is 0 Å². The number of hydrogen-bond donors (Lipinski definition) is 1. The molecule has 1 aliphatic rings. The first-order valence-electron chi connectivity index (χ1n) is 9.28. The van der Waals surface area contributed by atoms with E-state index in [1.807, 2.05) is 30.3 Å². The maximum Gasteiger partial charge on any atom is 0.251 e. The van der Waals surface area contributed by atoms with Crippen molar-refractivity contribution >= 4 is 11.7 Å². The normalized spacial score (nSPS) is 14.9.